The van der Waals surface area contributed by atoms with E-state index in [1.165, 1.54) is 12.8 Å². The van der Waals surface area contributed by atoms with Gasteiger partial charge in [-0.3, -0.25) is 14.5 Å². The van der Waals surface area contributed by atoms with Gasteiger partial charge in [-0.05, 0) is 24.9 Å². The van der Waals surface area contributed by atoms with Crippen LogP contribution < -0.4 is 0 Å². The van der Waals surface area contributed by atoms with Crippen LogP contribution in [0.15, 0.2) is 36.0 Å². The average molecular weight is 382 g/mol. The van der Waals surface area contributed by atoms with Crippen molar-refractivity contribution in [1.82, 2.24) is 14.7 Å². The first kappa shape index (κ1) is 19.2. The summed E-state index contributed by atoms with van der Waals surface area (Å²) < 4.78 is 0. The molecule has 0 spiro atoms. The predicted molar refractivity (Wildman–Crippen MR) is 110 cm³/mol. The topological polar surface area (TPSA) is 43.9 Å². The number of carbonyl (C=O) groups is 2. The molecular formula is C23H31N3O2. The predicted octanol–water partition coefficient (Wildman–Crippen LogP) is 3.13. The largest absolute Gasteiger partial charge is 0.364 e. The molecule has 1 saturated carbocycles. The fraction of sp³-hybridized carbons (Fsp3) is 0.565. The highest BCUT2D eigenvalue weighted by Gasteiger charge is 2.44. The number of benzene rings is 1. The van der Waals surface area contributed by atoms with Gasteiger partial charge in [0.05, 0.1) is 5.57 Å². The van der Waals surface area contributed by atoms with Gasteiger partial charge in [-0.1, -0.05) is 62.9 Å². The van der Waals surface area contributed by atoms with Crippen LogP contribution in [0, 0.1) is 0 Å². The molecule has 0 unspecified atom stereocenters. The molecule has 0 atom stereocenters. The standard InChI is InChI=1S/C23H31N3O2/c1-2-24-14-16-25(17-15-24)21-20(18-10-6-5-7-11-18)22(27)26(23(21)28)19-12-8-3-4-9-13-19/h5-7,10-11,19H,2-4,8-9,12-17H2,1H3. The summed E-state index contributed by atoms with van der Waals surface area (Å²) in [6.45, 7) is 6.68. The van der Waals surface area contributed by atoms with E-state index in [-0.39, 0.29) is 17.9 Å². The monoisotopic (exact) mass is 381 g/mol. The first-order valence-electron chi connectivity index (χ1n) is 10.9. The first-order chi connectivity index (χ1) is 13.7. The molecule has 1 aliphatic carbocycles. The van der Waals surface area contributed by atoms with E-state index in [2.05, 4.69) is 16.7 Å². The number of likely N-dealkylation sites (N-methyl/N-ethyl adjacent to an activating group) is 1. The fourth-order valence-corrected chi connectivity index (χ4v) is 4.83. The van der Waals surface area contributed by atoms with Crippen molar-refractivity contribution >= 4 is 17.4 Å². The van der Waals surface area contributed by atoms with Crippen LogP contribution in [0.5, 0.6) is 0 Å². The Morgan fingerprint density at radius 1 is 0.857 bits per heavy atom. The molecule has 5 heteroatoms. The third-order valence-electron chi connectivity index (χ3n) is 6.48. The van der Waals surface area contributed by atoms with Crippen LogP contribution in [0.25, 0.3) is 5.57 Å². The van der Waals surface area contributed by atoms with Crippen LogP contribution in [0.1, 0.15) is 51.0 Å². The molecule has 5 nitrogen and oxygen atoms in total. The Labute approximate surface area is 168 Å². The van der Waals surface area contributed by atoms with E-state index in [9.17, 15) is 9.59 Å². The first-order valence-corrected chi connectivity index (χ1v) is 10.9. The molecule has 2 heterocycles. The molecule has 1 aromatic carbocycles. The van der Waals surface area contributed by atoms with E-state index in [0.717, 1.165) is 64.0 Å². The second-order valence-electron chi connectivity index (χ2n) is 8.14. The molecule has 2 aliphatic heterocycles. The van der Waals surface area contributed by atoms with Gasteiger partial charge in [0, 0.05) is 32.2 Å². The Morgan fingerprint density at radius 3 is 2.11 bits per heavy atom. The van der Waals surface area contributed by atoms with Crippen molar-refractivity contribution < 1.29 is 9.59 Å². The van der Waals surface area contributed by atoms with E-state index in [1.54, 1.807) is 4.90 Å². The molecule has 0 N–H and O–H groups in total. The quantitative estimate of drug-likeness (QED) is 0.594. The maximum atomic E-state index is 13.6. The van der Waals surface area contributed by atoms with Crippen molar-refractivity contribution in [2.45, 2.75) is 51.5 Å². The van der Waals surface area contributed by atoms with Crippen molar-refractivity contribution in [2.24, 2.45) is 0 Å². The summed E-state index contributed by atoms with van der Waals surface area (Å²) >= 11 is 0. The van der Waals surface area contributed by atoms with Crippen molar-refractivity contribution in [1.29, 1.82) is 0 Å². The molecular weight excluding hydrogens is 350 g/mol. The lowest BCUT2D eigenvalue weighted by molar-refractivity contribution is -0.140. The second-order valence-corrected chi connectivity index (χ2v) is 8.14. The van der Waals surface area contributed by atoms with Crippen molar-refractivity contribution in [3.05, 3.63) is 41.6 Å². The Bertz CT molecular complexity index is 742. The summed E-state index contributed by atoms with van der Waals surface area (Å²) in [7, 11) is 0. The van der Waals surface area contributed by atoms with Gasteiger partial charge in [0.1, 0.15) is 5.70 Å². The summed E-state index contributed by atoms with van der Waals surface area (Å²) in [5, 5.41) is 0. The number of imide groups is 1. The maximum absolute atomic E-state index is 13.6. The number of carbonyl (C=O) groups excluding carboxylic acids is 2. The van der Waals surface area contributed by atoms with Gasteiger partial charge in [0.25, 0.3) is 11.8 Å². The molecule has 4 rings (SSSR count). The lowest BCUT2D eigenvalue weighted by atomic mass is 10.0. The second kappa shape index (κ2) is 8.48. The highest BCUT2D eigenvalue weighted by Crippen LogP contribution is 2.36. The summed E-state index contributed by atoms with van der Waals surface area (Å²) in [5.74, 6) is -0.156. The smallest absolute Gasteiger partial charge is 0.278 e. The Kier molecular flexibility index (Phi) is 5.81. The number of amides is 2. The van der Waals surface area contributed by atoms with E-state index < -0.39 is 0 Å². The molecule has 150 valence electrons. The molecule has 1 aromatic rings. The van der Waals surface area contributed by atoms with Crippen LogP contribution >= 0.6 is 0 Å². The minimum Gasteiger partial charge on any atom is -0.364 e. The molecule has 1 saturated heterocycles. The molecule has 0 radical (unpaired) electrons. The number of nitrogens with zero attached hydrogens (tertiary/aromatic N) is 3. The molecule has 28 heavy (non-hydrogen) atoms. The van der Waals surface area contributed by atoms with Crippen molar-refractivity contribution in [3.63, 3.8) is 0 Å². The molecule has 0 bridgehead atoms. The minimum atomic E-state index is -0.0870. The van der Waals surface area contributed by atoms with Crippen molar-refractivity contribution in [2.75, 3.05) is 32.7 Å². The van der Waals surface area contributed by atoms with Gasteiger partial charge < -0.3 is 9.80 Å². The fourth-order valence-electron chi connectivity index (χ4n) is 4.83. The SMILES string of the molecule is CCN1CCN(C2=C(c3ccccc3)C(=O)N(C3CCCCCC3)C2=O)CC1. The Hall–Kier alpha value is -2.14. The van der Waals surface area contributed by atoms with E-state index in [1.807, 2.05) is 30.3 Å². The van der Waals surface area contributed by atoms with Gasteiger partial charge in [0.2, 0.25) is 0 Å². The Morgan fingerprint density at radius 2 is 1.50 bits per heavy atom. The average Bonchev–Trinajstić information content (AvgIpc) is 2.89. The van der Waals surface area contributed by atoms with Gasteiger partial charge in [-0.15, -0.1) is 0 Å². The number of hydrogen-bond acceptors (Lipinski definition) is 4. The Balaban J connectivity index is 1.68. The van der Waals surface area contributed by atoms with Gasteiger partial charge >= 0.3 is 0 Å². The van der Waals surface area contributed by atoms with E-state index >= 15 is 0 Å². The van der Waals surface area contributed by atoms with Crippen LogP contribution in [0.2, 0.25) is 0 Å². The summed E-state index contributed by atoms with van der Waals surface area (Å²) in [5.41, 5.74) is 2.11. The van der Waals surface area contributed by atoms with Crippen LogP contribution in [0.4, 0.5) is 0 Å². The zero-order valence-electron chi connectivity index (χ0n) is 16.9. The molecule has 3 aliphatic rings. The normalized spacial score (nSPS) is 22.9. The summed E-state index contributed by atoms with van der Waals surface area (Å²) in [6.07, 6.45) is 6.50. The maximum Gasteiger partial charge on any atom is 0.278 e. The zero-order valence-corrected chi connectivity index (χ0v) is 16.9. The summed E-state index contributed by atoms with van der Waals surface area (Å²) in [4.78, 5) is 33.2. The third kappa shape index (κ3) is 3.60. The van der Waals surface area contributed by atoms with Gasteiger partial charge in [-0.25, -0.2) is 0 Å². The molecule has 0 aromatic heterocycles. The van der Waals surface area contributed by atoms with Crippen LogP contribution in [-0.2, 0) is 9.59 Å². The number of rotatable bonds is 4. The van der Waals surface area contributed by atoms with Crippen molar-refractivity contribution in [3.8, 4) is 0 Å². The van der Waals surface area contributed by atoms with Crippen LogP contribution in [0.3, 0.4) is 0 Å². The highest BCUT2D eigenvalue weighted by molar-refractivity contribution is 6.35. The summed E-state index contributed by atoms with van der Waals surface area (Å²) in [6, 6.07) is 9.81. The zero-order chi connectivity index (χ0) is 19.5. The number of hydrogen-bond donors (Lipinski definition) is 0. The van der Waals surface area contributed by atoms with Gasteiger partial charge in [-0.2, -0.15) is 0 Å². The number of piperazine rings is 1. The molecule has 2 fully saturated rings. The lowest BCUT2D eigenvalue weighted by Crippen LogP contribution is -2.48. The minimum absolute atomic E-state index is 0.0515. The third-order valence-corrected chi connectivity index (χ3v) is 6.48. The highest BCUT2D eigenvalue weighted by atomic mass is 16.2. The van der Waals surface area contributed by atoms with E-state index in [0.29, 0.717) is 11.3 Å². The lowest BCUT2D eigenvalue weighted by Gasteiger charge is -2.36. The molecule has 2 amide bonds. The van der Waals surface area contributed by atoms with E-state index in [4.69, 9.17) is 0 Å². The van der Waals surface area contributed by atoms with Crippen LogP contribution in [-0.4, -0.2) is 65.3 Å². The van der Waals surface area contributed by atoms with Gasteiger partial charge in [0.15, 0.2) is 0 Å².